The van der Waals surface area contributed by atoms with Crippen molar-refractivity contribution in [1.82, 2.24) is 5.32 Å². The van der Waals surface area contributed by atoms with Crippen LogP contribution in [0.1, 0.15) is 29.1 Å². The molecule has 1 aromatic heterocycles. The van der Waals surface area contributed by atoms with Crippen LogP contribution in [0.5, 0.6) is 0 Å². The van der Waals surface area contributed by atoms with Crippen molar-refractivity contribution in [3.63, 3.8) is 0 Å². The number of nitrogens with one attached hydrogen (secondary N) is 3. The average molecular weight is 363 g/mol. The molecule has 2 aromatic carbocycles. The van der Waals surface area contributed by atoms with E-state index in [0.717, 1.165) is 5.76 Å². The minimum Gasteiger partial charge on any atom is -0.468 e. The zero-order valence-corrected chi connectivity index (χ0v) is 14.9. The van der Waals surface area contributed by atoms with Gasteiger partial charge in [0.15, 0.2) is 0 Å². The Labute approximate surface area is 157 Å². The largest absolute Gasteiger partial charge is 0.468 e. The number of furan rings is 1. The number of hydrogen-bond donors (Lipinski definition) is 3. The highest BCUT2D eigenvalue weighted by Gasteiger charge is 2.14. The second-order valence-electron chi connectivity index (χ2n) is 6.03. The number of carbonyl (C=O) groups is 2. The van der Waals surface area contributed by atoms with E-state index in [-0.39, 0.29) is 24.4 Å². The standard InChI is InChI=1S/C21H21N3O3/c1-15(19-12-7-13-27-19)22-14-20(25)24-18-11-6-5-10-17(18)21(26)23-16-8-3-2-4-9-16/h2-13,15,22H,14H2,1H3,(H,23,26)(H,24,25)/t15-/m0/s1. The summed E-state index contributed by atoms with van der Waals surface area (Å²) in [4.78, 5) is 24.8. The lowest BCUT2D eigenvalue weighted by molar-refractivity contribution is -0.115. The van der Waals surface area contributed by atoms with Crippen LogP contribution < -0.4 is 16.0 Å². The second-order valence-corrected chi connectivity index (χ2v) is 6.03. The number of rotatable bonds is 7. The fourth-order valence-electron chi connectivity index (χ4n) is 2.59. The Morgan fingerprint density at radius 3 is 2.41 bits per heavy atom. The molecule has 1 atom stereocenters. The van der Waals surface area contributed by atoms with Gasteiger partial charge >= 0.3 is 0 Å². The molecule has 138 valence electrons. The number of anilines is 2. The average Bonchev–Trinajstić information content (AvgIpc) is 3.22. The van der Waals surface area contributed by atoms with E-state index in [0.29, 0.717) is 16.9 Å². The molecule has 6 heteroatoms. The van der Waals surface area contributed by atoms with Crippen molar-refractivity contribution in [2.75, 3.05) is 17.2 Å². The fraction of sp³-hybridized carbons (Fsp3) is 0.143. The highest BCUT2D eigenvalue weighted by atomic mass is 16.3. The van der Waals surface area contributed by atoms with E-state index < -0.39 is 0 Å². The molecule has 2 amide bonds. The molecule has 0 saturated carbocycles. The van der Waals surface area contributed by atoms with Crippen molar-refractivity contribution in [2.45, 2.75) is 13.0 Å². The topological polar surface area (TPSA) is 83.4 Å². The third kappa shape index (κ3) is 5.05. The molecule has 0 aliphatic heterocycles. The Kier molecular flexibility index (Phi) is 6.02. The van der Waals surface area contributed by atoms with E-state index in [1.165, 1.54) is 0 Å². The van der Waals surface area contributed by atoms with Crippen molar-refractivity contribution in [1.29, 1.82) is 0 Å². The minimum atomic E-state index is -0.283. The van der Waals surface area contributed by atoms with Crippen LogP contribution in [0.3, 0.4) is 0 Å². The van der Waals surface area contributed by atoms with Gasteiger partial charge in [-0.3, -0.25) is 14.9 Å². The molecule has 27 heavy (non-hydrogen) atoms. The van der Waals surface area contributed by atoms with Crippen LogP contribution in [0.2, 0.25) is 0 Å². The first-order valence-corrected chi connectivity index (χ1v) is 8.65. The van der Waals surface area contributed by atoms with Crippen molar-refractivity contribution in [3.05, 3.63) is 84.3 Å². The summed E-state index contributed by atoms with van der Waals surface area (Å²) in [5, 5.41) is 8.69. The SMILES string of the molecule is C[C@H](NCC(=O)Nc1ccccc1C(=O)Nc1ccccc1)c1ccco1. The summed E-state index contributed by atoms with van der Waals surface area (Å²) in [5.74, 6) is 0.229. The molecule has 0 bridgehead atoms. The summed E-state index contributed by atoms with van der Waals surface area (Å²) in [6.45, 7) is 2.00. The van der Waals surface area contributed by atoms with Crippen molar-refractivity contribution in [3.8, 4) is 0 Å². The summed E-state index contributed by atoms with van der Waals surface area (Å²) in [7, 11) is 0. The van der Waals surface area contributed by atoms with Crippen LogP contribution in [-0.4, -0.2) is 18.4 Å². The van der Waals surface area contributed by atoms with Gasteiger partial charge in [0, 0.05) is 5.69 Å². The third-order valence-electron chi connectivity index (χ3n) is 4.02. The molecule has 0 saturated heterocycles. The zero-order valence-electron chi connectivity index (χ0n) is 14.9. The zero-order chi connectivity index (χ0) is 19.1. The van der Waals surface area contributed by atoms with Gasteiger partial charge in [-0.15, -0.1) is 0 Å². The van der Waals surface area contributed by atoms with E-state index in [1.807, 2.05) is 31.2 Å². The van der Waals surface area contributed by atoms with Gasteiger partial charge in [-0.2, -0.15) is 0 Å². The molecule has 0 aliphatic carbocycles. The van der Waals surface area contributed by atoms with Crippen molar-refractivity contribution in [2.24, 2.45) is 0 Å². The van der Waals surface area contributed by atoms with Gasteiger partial charge in [0.2, 0.25) is 5.91 Å². The Morgan fingerprint density at radius 2 is 1.67 bits per heavy atom. The number of carbonyl (C=O) groups excluding carboxylic acids is 2. The maximum atomic E-state index is 12.5. The highest BCUT2D eigenvalue weighted by Crippen LogP contribution is 2.17. The van der Waals surface area contributed by atoms with E-state index in [1.54, 1.807) is 48.7 Å². The van der Waals surface area contributed by atoms with Crippen LogP contribution in [0, 0.1) is 0 Å². The first-order chi connectivity index (χ1) is 13.1. The van der Waals surface area contributed by atoms with Gasteiger partial charge in [-0.1, -0.05) is 30.3 Å². The first kappa shape index (κ1) is 18.4. The van der Waals surface area contributed by atoms with Gasteiger partial charge in [0.25, 0.3) is 5.91 Å². The molecule has 0 fully saturated rings. The fourth-order valence-corrected chi connectivity index (χ4v) is 2.59. The summed E-state index contributed by atoms with van der Waals surface area (Å²) < 4.78 is 5.31. The number of hydrogen-bond acceptors (Lipinski definition) is 4. The smallest absolute Gasteiger partial charge is 0.257 e. The maximum Gasteiger partial charge on any atom is 0.257 e. The molecule has 0 spiro atoms. The molecule has 1 heterocycles. The van der Waals surface area contributed by atoms with Gasteiger partial charge < -0.3 is 15.1 Å². The highest BCUT2D eigenvalue weighted by molar-refractivity contribution is 6.10. The molecule has 3 rings (SSSR count). The molecule has 3 N–H and O–H groups in total. The van der Waals surface area contributed by atoms with Gasteiger partial charge in [0.1, 0.15) is 5.76 Å². The molecular weight excluding hydrogens is 342 g/mol. The van der Waals surface area contributed by atoms with Gasteiger partial charge in [-0.25, -0.2) is 0 Å². The molecule has 0 radical (unpaired) electrons. The Morgan fingerprint density at radius 1 is 0.926 bits per heavy atom. The summed E-state index contributed by atoms with van der Waals surface area (Å²) in [5.41, 5.74) is 1.55. The van der Waals surface area contributed by atoms with Crippen LogP contribution in [0.15, 0.2) is 77.4 Å². The normalized spacial score (nSPS) is 11.6. The molecule has 0 aliphatic rings. The first-order valence-electron chi connectivity index (χ1n) is 8.65. The molecule has 3 aromatic rings. The summed E-state index contributed by atoms with van der Waals surface area (Å²) in [6, 6.07) is 19.6. The van der Waals surface area contributed by atoms with Crippen LogP contribution in [-0.2, 0) is 4.79 Å². The lowest BCUT2D eigenvalue weighted by Gasteiger charge is -2.13. The van der Waals surface area contributed by atoms with E-state index in [4.69, 9.17) is 4.42 Å². The predicted octanol–water partition coefficient (Wildman–Crippen LogP) is 3.82. The van der Waals surface area contributed by atoms with Crippen LogP contribution >= 0.6 is 0 Å². The number of amides is 2. The molecule has 6 nitrogen and oxygen atoms in total. The van der Waals surface area contributed by atoms with Gasteiger partial charge in [-0.05, 0) is 43.3 Å². The number of para-hydroxylation sites is 2. The van der Waals surface area contributed by atoms with E-state index >= 15 is 0 Å². The minimum absolute atomic E-state index is 0.0938. The predicted molar refractivity (Wildman–Crippen MR) is 105 cm³/mol. The quantitative estimate of drug-likeness (QED) is 0.596. The maximum absolute atomic E-state index is 12.5. The van der Waals surface area contributed by atoms with Gasteiger partial charge in [0.05, 0.1) is 30.1 Å². The van der Waals surface area contributed by atoms with E-state index in [9.17, 15) is 9.59 Å². The Bertz CT molecular complexity index is 892. The van der Waals surface area contributed by atoms with Crippen molar-refractivity contribution < 1.29 is 14.0 Å². The third-order valence-corrected chi connectivity index (χ3v) is 4.02. The molecule has 0 unspecified atom stereocenters. The van der Waals surface area contributed by atoms with E-state index in [2.05, 4.69) is 16.0 Å². The lowest BCUT2D eigenvalue weighted by Crippen LogP contribution is -2.30. The monoisotopic (exact) mass is 363 g/mol. The molecular formula is C21H21N3O3. The summed E-state index contributed by atoms with van der Waals surface area (Å²) >= 11 is 0. The lowest BCUT2D eigenvalue weighted by atomic mass is 10.1. The van der Waals surface area contributed by atoms with Crippen LogP contribution in [0.25, 0.3) is 0 Å². The summed E-state index contributed by atoms with van der Waals surface area (Å²) in [6.07, 6.45) is 1.59. The second kappa shape index (κ2) is 8.82. The van der Waals surface area contributed by atoms with Crippen LogP contribution in [0.4, 0.5) is 11.4 Å². The number of benzene rings is 2. The Balaban J connectivity index is 1.61. The Hall–Kier alpha value is -3.38. The van der Waals surface area contributed by atoms with Crippen molar-refractivity contribution >= 4 is 23.2 Å².